The SMILES string of the molecule is Cc1c(Br)ccc(NC(=O)COC(=O)CCC(=O)Nc2ccc(Br)cc2)c1C. The molecule has 2 aromatic carbocycles. The van der Waals surface area contributed by atoms with Gasteiger partial charge in [-0.1, -0.05) is 31.9 Å². The Morgan fingerprint density at radius 2 is 1.54 bits per heavy atom. The Morgan fingerprint density at radius 3 is 2.21 bits per heavy atom. The van der Waals surface area contributed by atoms with Crippen LogP contribution in [0, 0.1) is 13.8 Å². The summed E-state index contributed by atoms with van der Waals surface area (Å²) in [5.41, 5.74) is 3.25. The number of hydrogen-bond acceptors (Lipinski definition) is 4. The van der Waals surface area contributed by atoms with Crippen LogP contribution in [0.15, 0.2) is 45.3 Å². The van der Waals surface area contributed by atoms with E-state index in [9.17, 15) is 14.4 Å². The first kappa shape index (κ1) is 22.1. The second kappa shape index (κ2) is 10.4. The minimum atomic E-state index is -0.607. The third-order valence-electron chi connectivity index (χ3n) is 4.04. The third-order valence-corrected chi connectivity index (χ3v) is 5.43. The fraction of sp³-hybridized carbons (Fsp3) is 0.250. The van der Waals surface area contributed by atoms with Gasteiger partial charge in [-0.2, -0.15) is 0 Å². The molecule has 2 rings (SSSR count). The molecular weight excluding hydrogens is 492 g/mol. The Bertz CT molecular complexity index is 883. The van der Waals surface area contributed by atoms with Crippen LogP contribution >= 0.6 is 31.9 Å². The maximum atomic E-state index is 12.0. The summed E-state index contributed by atoms with van der Waals surface area (Å²) in [5.74, 6) is -1.34. The predicted molar refractivity (Wildman–Crippen MR) is 115 cm³/mol. The number of rotatable bonds is 7. The van der Waals surface area contributed by atoms with Gasteiger partial charge in [-0.3, -0.25) is 14.4 Å². The summed E-state index contributed by atoms with van der Waals surface area (Å²) >= 11 is 6.75. The highest BCUT2D eigenvalue weighted by Gasteiger charge is 2.12. The Balaban J connectivity index is 1.73. The highest BCUT2D eigenvalue weighted by Crippen LogP contribution is 2.25. The number of anilines is 2. The van der Waals surface area contributed by atoms with Gasteiger partial charge in [-0.05, 0) is 61.4 Å². The van der Waals surface area contributed by atoms with E-state index >= 15 is 0 Å². The molecule has 0 saturated heterocycles. The van der Waals surface area contributed by atoms with E-state index < -0.39 is 18.5 Å². The summed E-state index contributed by atoms with van der Waals surface area (Å²) in [6.07, 6.45) is -0.131. The standard InChI is InChI=1S/C20H20Br2N2O4/c1-12-13(2)17(8-7-16(12)22)24-19(26)11-28-20(27)10-9-18(25)23-15-5-3-14(21)4-6-15/h3-8H,9-11H2,1-2H3,(H,23,25)(H,24,26). The molecule has 0 aliphatic rings. The van der Waals surface area contributed by atoms with E-state index in [2.05, 4.69) is 42.5 Å². The molecule has 0 unspecified atom stereocenters. The molecule has 0 spiro atoms. The molecule has 0 heterocycles. The summed E-state index contributed by atoms with van der Waals surface area (Å²) in [6.45, 7) is 3.43. The van der Waals surface area contributed by atoms with Crippen molar-refractivity contribution >= 4 is 61.0 Å². The van der Waals surface area contributed by atoms with Gasteiger partial charge in [-0.25, -0.2) is 0 Å². The van der Waals surface area contributed by atoms with Gasteiger partial charge in [0.1, 0.15) is 0 Å². The Morgan fingerprint density at radius 1 is 0.857 bits per heavy atom. The molecule has 0 saturated carbocycles. The Hall–Kier alpha value is -2.19. The number of ether oxygens (including phenoxy) is 1. The first-order chi connectivity index (χ1) is 13.3. The number of carbonyl (C=O) groups is 3. The van der Waals surface area contributed by atoms with Gasteiger partial charge in [0, 0.05) is 26.7 Å². The number of nitrogens with one attached hydrogen (secondary N) is 2. The number of benzene rings is 2. The van der Waals surface area contributed by atoms with Gasteiger partial charge >= 0.3 is 5.97 Å². The van der Waals surface area contributed by atoms with Crippen molar-refractivity contribution in [3.8, 4) is 0 Å². The van der Waals surface area contributed by atoms with Crippen LogP contribution in [0.1, 0.15) is 24.0 Å². The number of esters is 1. The molecule has 28 heavy (non-hydrogen) atoms. The van der Waals surface area contributed by atoms with E-state index in [1.807, 2.05) is 19.9 Å². The summed E-state index contributed by atoms with van der Waals surface area (Å²) in [6, 6.07) is 10.7. The van der Waals surface area contributed by atoms with Crippen LogP contribution in [-0.2, 0) is 19.1 Å². The fourth-order valence-electron chi connectivity index (χ4n) is 2.30. The lowest BCUT2D eigenvalue weighted by atomic mass is 10.1. The first-order valence-electron chi connectivity index (χ1n) is 8.53. The van der Waals surface area contributed by atoms with Crippen molar-refractivity contribution in [2.24, 2.45) is 0 Å². The molecule has 0 fully saturated rings. The van der Waals surface area contributed by atoms with Crippen molar-refractivity contribution < 1.29 is 19.1 Å². The molecule has 0 aliphatic heterocycles. The van der Waals surface area contributed by atoms with Gasteiger partial charge in [0.15, 0.2) is 6.61 Å². The van der Waals surface area contributed by atoms with Gasteiger partial charge in [0.05, 0.1) is 6.42 Å². The van der Waals surface area contributed by atoms with E-state index in [0.29, 0.717) is 11.4 Å². The largest absolute Gasteiger partial charge is 0.456 e. The lowest BCUT2D eigenvalue weighted by molar-refractivity contribution is -0.147. The molecule has 8 heteroatoms. The summed E-state index contributed by atoms with van der Waals surface area (Å²) < 4.78 is 6.80. The van der Waals surface area contributed by atoms with E-state index in [-0.39, 0.29) is 18.7 Å². The van der Waals surface area contributed by atoms with Gasteiger partial charge < -0.3 is 15.4 Å². The average Bonchev–Trinajstić information content (AvgIpc) is 2.67. The van der Waals surface area contributed by atoms with Crippen LogP contribution in [0.4, 0.5) is 11.4 Å². The van der Waals surface area contributed by atoms with Crippen LogP contribution < -0.4 is 10.6 Å². The van der Waals surface area contributed by atoms with Crippen molar-refractivity contribution in [3.63, 3.8) is 0 Å². The molecule has 2 N–H and O–H groups in total. The number of hydrogen-bond donors (Lipinski definition) is 2. The zero-order valence-corrected chi connectivity index (χ0v) is 18.6. The van der Waals surface area contributed by atoms with Crippen molar-refractivity contribution in [2.45, 2.75) is 26.7 Å². The first-order valence-corrected chi connectivity index (χ1v) is 10.1. The van der Waals surface area contributed by atoms with Crippen molar-refractivity contribution in [2.75, 3.05) is 17.2 Å². The molecule has 0 bridgehead atoms. The van der Waals surface area contributed by atoms with Crippen molar-refractivity contribution in [3.05, 3.63) is 56.5 Å². The van der Waals surface area contributed by atoms with Crippen molar-refractivity contribution in [1.82, 2.24) is 0 Å². The average molecular weight is 512 g/mol. The van der Waals surface area contributed by atoms with E-state index in [4.69, 9.17) is 4.74 Å². The van der Waals surface area contributed by atoms with Gasteiger partial charge in [0.25, 0.3) is 5.91 Å². The number of carbonyl (C=O) groups excluding carboxylic acids is 3. The minimum absolute atomic E-state index is 0.0263. The molecule has 0 atom stereocenters. The third kappa shape index (κ3) is 6.76. The monoisotopic (exact) mass is 510 g/mol. The fourth-order valence-corrected chi connectivity index (χ4v) is 2.99. The molecule has 0 radical (unpaired) electrons. The smallest absolute Gasteiger partial charge is 0.306 e. The molecule has 148 valence electrons. The second-order valence-electron chi connectivity index (χ2n) is 6.11. The summed E-state index contributed by atoms with van der Waals surface area (Å²) in [7, 11) is 0. The van der Waals surface area contributed by atoms with Crippen LogP contribution in [-0.4, -0.2) is 24.4 Å². The van der Waals surface area contributed by atoms with Crippen molar-refractivity contribution in [1.29, 1.82) is 0 Å². The maximum Gasteiger partial charge on any atom is 0.306 e. The lowest BCUT2D eigenvalue weighted by Crippen LogP contribution is -2.22. The normalized spacial score (nSPS) is 10.3. The van der Waals surface area contributed by atoms with Gasteiger partial charge in [-0.15, -0.1) is 0 Å². The Labute approximate surface area is 180 Å². The highest BCUT2D eigenvalue weighted by atomic mass is 79.9. The lowest BCUT2D eigenvalue weighted by Gasteiger charge is -2.12. The van der Waals surface area contributed by atoms with Gasteiger partial charge in [0.2, 0.25) is 5.91 Å². The predicted octanol–water partition coefficient (Wildman–Crippen LogP) is 4.73. The second-order valence-corrected chi connectivity index (χ2v) is 7.88. The number of halogens is 2. The van der Waals surface area contributed by atoms with E-state index in [1.54, 1.807) is 30.3 Å². The zero-order chi connectivity index (χ0) is 20.7. The minimum Gasteiger partial charge on any atom is -0.456 e. The molecular formula is C20H20Br2N2O4. The molecule has 0 aliphatic carbocycles. The Kier molecular flexibility index (Phi) is 8.19. The maximum absolute atomic E-state index is 12.0. The van der Waals surface area contributed by atoms with E-state index in [1.165, 1.54) is 0 Å². The number of amides is 2. The topological polar surface area (TPSA) is 84.5 Å². The van der Waals surface area contributed by atoms with Crippen LogP contribution in [0.5, 0.6) is 0 Å². The molecule has 2 amide bonds. The highest BCUT2D eigenvalue weighted by molar-refractivity contribution is 9.10. The summed E-state index contributed by atoms with van der Waals surface area (Å²) in [4.78, 5) is 35.6. The zero-order valence-electron chi connectivity index (χ0n) is 15.5. The molecule has 6 nitrogen and oxygen atoms in total. The molecule has 2 aromatic rings. The van der Waals surface area contributed by atoms with Crippen LogP contribution in [0.3, 0.4) is 0 Å². The van der Waals surface area contributed by atoms with E-state index in [0.717, 1.165) is 20.1 Å². The summed E-state index contributed by atoms with van der Waals surface area (Å²) in [5, 5.41) is 5.40. The molecule has 0 aromatic heterocycles. The van der Waals surface area contributed by atoms with Crippen LogP contribution in [0.2, 0.25) is 0 Å². The quantitative estimate of drug-likeness (QED) is 0.526. The van der Waals surface area contributed by atoms with Crippen LogP contribution in [0.25, 0.3) is 0 Å².